The van der Waals surface area contributed by atoms with Gasteiger partial charge in [-0.2, -0.15) is 0 Å². The zero-order chi connectivity index (χ0) is 12.1. The smallest absolute Gasteiger partial charge is 0.307 e. The number of rotatable bonds is 6. The average Bonchev–Trinajstić information content (AvgIpc) is 2.77. The van der Waals surface area contributed by atoms with Gasteiger partial charge in [-0.3, -0.25) is 9.69 Å². The van der Waals surface area contributed by atoms with Crippen molar-refractivity contribution >= 4 is 5.97 Å². The molecule has 4 nitrogen and oxygen atoms in total. The van der Waals surface area contributed by atoms with Crippen LogP contribution in [-0.2, 0) is 4.79 Å². The number of carbonyl (C=O) groups is 1. The Kier molecular flexibility index (Phi) is 5.22. The molecule has 3 atom stereocenters. The summed E-state index contributed by atoms with van der Waals surface area (Å²) in [4.78, 5) is 13.3. The first-order chi connectivity index (χ1) is 7.52. The highest BCUT2D eigenvalue weighted by Gasteiger charge is 2.22. The molecule has 0 aromatic heterocycles. The number of hydrogen-bond acceptors (Lipinski definition) is 3. The molecule has 1 fully saturated rings. The van der Waals surface area contributed by atoms with E-state index in [-0.39, 0.29) is 12.0 Å². The quantitative estimate of drug-likeness (QED) is 0.716. The van der Waals surface area contributed by atoms with Crippen LogP contribution in [0.3, 0.4) is 0 Å². The number of nitrogens with one attached hydrogen (secondary N) is 1. The van der Waals surface area contributed by atoms with Crippen molar-refractivity contribution < 1.29 is 9.90 Å². The van der Waals surface area contributed by atoms with E-state index in [2.05, 4.69) is 17.1 Å². The molecule has 1 saturated heterocycles. The van der Waals surface area contributed by atoms with E-state index in [1.54, 1.807) is 6.92 Å². The molecule has 0 aliphatic carbocycles. The van der Waals surface area contributed by atoms with Crippen molar-refractivity contribution in [2.45, 2.75) is 45.7 Å². The molecule has 0 spiro atoms. The molecule has 16 heavy (non-hydrogen) atoms. The topological polar surface area (TPSA) is 52.6 Å². The molecule has 1 aliphatic heterocycles. The number of aliphatic carboxylic acids is 1. The summed E-state index contributed by atoms with van der Waals surface area (Å²) in [5, 5.41) is 12.2. The predicted octanol–water partition coefficient (Wildman–Crippen LogP) is 1.17. The number of carboxylic acid groups (broad SMARTS) is 1. The summed E-state index contributed by atoms with van der Waals surface area (Å²) in [6.45, 7) is 9.14. The predicted molar refractivity (Wildman–Crippen MR) is 64.5 cm³/mol. The first kappa shape index (κ1) is 13.5. The van der Waals surface area contributed by atoms with Gasteiger partial charge in [0.15, 0.2) is 0 Å². The molecule has 4 heteroatoms. The minimum absolute atomic E-state index is 0.0301. The molecule has 2 N–H and O–H groups in total. The van der Waals surface area contributed by atoms with E-state index in [4.69, 9.17) is 5.11 Å². The third kappa shape index (κ3) is 3.76. The van der Waals surface area contributed by atoms with Crippen LogP contribution >= 0.6 is 0 Å². The fraction of sp³-hybridized carbons (Fsp3) is 0.917. The van der Waals surface area contributed by atoms with Gasteiger partial charge in [-0.05, 0) is 39.8 Å². The van der Waals surface area contributed by atoms with Crippen LogP contribution in [0.25, 0.3) is 0 Å². The summed E-state index contributed by atoms with van der Waals surface area (Å²) in [7, 11) is 0. The molecule has 0 aromatic carbocycles. The zero-order valence-electron chi connectivity index (χ0n) is 10.6. The molecule has 0 amide bonds. The van der Waals surface area contributed by atoms with Gasteiger partial charge in [-0.25, -0.2) is 0 Å². The molecular weight excluding hydrogens is 204 g/mol. The van der Waals surface area contributed by atoms with Gasteiger partial charge in [0.25, 0.3) is 0 Å². The van der Waals surface area contributed by atoms with Crippen LogP contribution in [0.4, 0.5) is 0 Å². The Morgan fingerprint density at radius 1 is 1.31 bits per heavy atom. The number of carboxylic acids is 1. The summed E-state index contributed by atoms with van der Waals surface area (Å²) in [6, 6.07) is 0.536. The highest BCUT2D eigenvalue weighted by atomic mass is 16.4. The first-order valence-electron chi connectivity index (χ1n) is 6.22. The summed E-state index contributed by atoms with van der Waals surface area (Å²) >= 11 is 0. The van der Waals surface area contributed by atoms with E-state index in [1.165, 1.54) is 25.9 Å². The molecular formula is C12H24N2O2. The fourth-order valence-corrected chi connectivity index (χ4v) is 2.06. The minimum Gasteiger partial charge on any atom is -0.481 e. The Bertz CT molecular complexity index is 227. The molecule has 0 radical (unpaired) electrons. The van der Waals surface area contributed by atoms with Gasteiger partial charge in [-0.1, -0.05) is 6.92 Å². The molecule has 0 saturated carbocycles. The fourth-order valence-electron chi connectivity index (χ4n) is 2.06. The molecule has 94 valence electrons. The largest absolute Gasteiger partial charge is 0.481 e. The van der Waals surface area contributed by atoms with Gasteiger partial charge < -0.3 is 10.4 Å². The molecule has 1 heterocycles. The Balaban J connectivity index is 2.25. The maximum Gasteiger partial charge on any atom is 0.307 e. The van der Waals surface area contributed by atoms with Crippen LogP contribution < -0.4 is 5.32 Å². The van der Waals surface area contributed by atoms with Gasteiger partial charge in [0, 0.05) is 18.6 Å². The zero-order valence-corrected chi connectivity index (χ0v) is 10.6. The number of nitrogens with zero attached hydrogens (tertiary/aromatic N) is 1. The monoisotopic (exact) mass is 228 g/mol. The van der Waals surface area contributed by atoms with Crippen LogP contribution in [0, 0.1) is 5.92 Å². The first-order valence-corrected chi connectivity index (χ1v) is 6.22. The van der Waals surface area contributed by atoms with Crippen LogP contribution in [0.15, 0.2) is 0 Å². The van der Waals surface area contributed by atoms with Crippen LogP contribution in [-0.4, -0.2) is 47.7 Å². The van der Waals surface area contributed by atoms with Gasteiger partial charge in [0.1, 0.15) is 0 Å². The number of likely N-dealkylation sites (tertiary alicyclic amines) is 1. The van der Waals surface area contributed by atoms with E-state index in [0.717, 1.165) is 6.54 Å². The number of hydrogen-bond donors (Lipinski definition) is 2. The van der Waals surface area contributed by atoms with Crippen molar-refractivity contribution in [3.05, 3.63) is 0 Å². The second kappa shape index (κ2) is 6.21. The van der Waals surface area contributed by atoms with E-state index >= 15 is 0 Å². The third-order valence-electron chi connectivity index (χ3n) is 3.64. The normalized spacial score (nSPS) is 22.9. The summed E-state index contributed by atoms with van der Waals surface area (Å²) < 4.78 is 0. The van der Waals surface area contributed by atoms with Crippen molar-refractivity contribution in [1.29, 1.82) is 0 Å². The maximum atomic E-state index is 10.8. The van der Waals surface area contributed by atoms with Gasteiger partial charge >= 0.3 is 5.97 Å². The van der Waals surface area contributed by atoms with E-state index in [0.29, 0.717) is 6.04 Å². The van der Waals surface area contributed by atoms with Crippen molar-refractivity contribution in [3.63, 3.8) is 0 Å². The van der Waals surface area contributed by atoms with Gasteiger partial charge in [0.05, 0.1) is 5.92 Å². The lowest BCUT2D eigenvalue weighted by molar-refractivity contribution is -0.141. The van der Waals surface area contributed by atoms with Crippen molar-refractivity contribution in [2.24, 2.45) is 5.92 Å². The molecule has 1 rings (SSSR count). The second-order valence-corrected chi connectivity index (χ2v) is 4.92. The second-order valence-electron chi connectivity index (χ2n) is 4.92. The SMILES string of the molecule is CC(NCC(C)N1CCCC1)C(C)C(=O)O. The Morgan fingerprint density at radius 2 is 1.88 bits per heavy atom. The van der Waals surface area contributed by atoms with Crippen molar-refractivity contribution in [1.82, 2.24) is 10.2 Å². The molecule has 0 aromatic rings. The lowest BCUT2D eigenvalue weighted by atomic mass is 10.0. The molecule has 1 aliphatic rings. The summed E-state index contributed by atoms with van der Waals surface area (Å²) in [5.41, 5.74) is 0. The minimum atomic E-state index is -0.728. The summed E-state index contributed by atoms with van der Waals surface area (Å²) in [5.74, 6) is -1.06. The molecule has 3 unspecified atom stereocenters. The van der Waals surface area contributed by atoms with Gasteiger partial charge in [0.2, 0.25) is 0 Å². The highest BCUT2D eigenvalue weighted by Crippen LogP contribution is 2.11. The Morgan fingerprint density at radius 3 is 2.38 bits per heavy atom. The third-order valence-corrected chi connectivity index (χ3v) is 3.64. The highest BCUT2D eigenvalue weighted by molar-refractivity contribution is 5.70. The maximum absolute atomic E-state index is 10.8. The van der Waals surface area contributed by atoms with E-state index in [1.807, 2.05) is 6.92 Å². The standard InChI is InChI=1S/C12H24N2O2/c1-9(14-6-4-5-7-14)8-13-11(3)10(2)12(15)16/h9-11,13H,4-8H2,1-3H3,(H,15,16). The van der Waals surface area contributed by atoms with Crippen LogP contribution in [0.2, 0.25) is 0 Å². The Hall–Kier alpha value is -0.610. The van der Waals surface area contributed by atoms with Crippen LogP contribution in [0.1, 0.15) is 33.6 Å². The lowest BCUT2D eigenvalue weighted by Gasteiger charge is -2.26. The lowest BCUT2D eigenvalue weighted by Crippen LogP contribution is -2.44. The van der Waals surface area contributed by atoms with Crippen molar-refractivity contribution in [2.75, 3.05) is 19.6 Å². The Labute approximate surface area is 98.0 Å². The van der Waals surface area contributed by atoms with Gasteiger partial charge in [-0.15, -0.1) is 0 Å². The van der Waals surface area contributed by atoms with Crippen LogP contribution in [0.5, 0.6) is 0 Å². The van der Waals surface area contributed by atoms with Crippen molar-refractivity contribution in [3.8, 4) is 0 Å². The average molecular weight is 228 g/mol. The summed E-state index contributed by atoms with van der Waals surface area (Å²) in [6.07, 6.45) is 2.59. The van der Waals surface area contributed by atoms with E-state index < -0.39 is 5.97 Å². The molecule has 0 bridgehead atoms. The van der Waals surface area contributed by atoms with E-state index in [9.17, 15) is 4.79 Å².